The molecular weight excluding hydrogens is 200 g/mol. The van der Waals surface area contributed by atoms with Crippen molar-refractivity contribution in [3.8, 4) is 13.1 Å². The maximum Gasteiger partial charge on any atom is 0.264 e. The van der Waals surface area contributed by atoms with Crippen molar-refractivity contribution in [2.75, 3.05) is 52.4 Å². The van der Waals surface area contributed by atoms with Crippen LogP contribution in [-0.2, 0) is 0 Å². The van der Waals surface area contributed by atoms with E-state index in [2.05, 4.69) is 19.5 Å². The van der Waals surface area contributed by atoms with Gasteiger partial charge in [-0.05, 0) is 0 Å². The highest BCUT2D eigenvalue weighted by Gasteiger charge is 2.16. The van der Waals surface area contributed by atoms with E-state index in [1.807, 2.05) is 0 Å². The predicted molar refractivity (Wildman–Crippen MR) is 68.5 cm³/mol. The molecule has 0 radical (unpaired) electrons. The Hall–Kier alpha value is -1.10. The zero-order valence-electron chi connectivity index (χ0n) is 10.0. The molecule has 0 unspecified atom stereocenters. The van der Waals surface area contributed by atoms with Crippen molar-refractivity contribution in [2.45, 2.75) is 12.8 Å². The smallest absolute Gasteiger partial charge is 0.264 e. The van der Waals surface area contributed by atoms with E-state index in [4.69, 9.17) is 13.1 Å². The Kier molecular flexibility index (Phi) is 6.56. The van der Waals surface area contributed by atoms with Gasteiger partial charge >= 0.3 is 0 Å². The molecule has 1 heterocycles. The SMILES string of the molecule is C#[N+]CCCN1CCN(CCC[N+]#C)CC1. The Morgan fingerprint density at radius 1 is 0.750 bits per heavy atom. The van der Waals surface area contributed by atoms with Crippen molar-refractivity contribution >= 4 is 0 Å². The van der Waals surface area contributed by atoms with Crippen LogP contribution in [-0.4, -0.2) is 62.2 Å². The highest BCUT2D eigenvalue weighted by molar-refractivity contribution is 4.75. The summed E-state index contributed by atoms with van der Waals surface area (Å²) >= 11 is 0. The van der Waals surface area contributed by atoms with Crippen LogP contribution in [0.2, 0.25) is 0 Å². The van der Waals surface area contributed by atoms with Gasteiger partial charge in [-0.1, -0.05) is 9.69 Å². The molecule has 4 heteroatoms. The number of rotatable bonds is 6. The first-order valence-electron chi connectivity index (χ1n) is 6.05. The van der Waals surface area contributed by atoms with Gasteiger partial charge in [0.1, 0.15) is 0 Å². The van der Waals surface area contributed by atoms with E-state index in [0.717, 1.165) is 65.2 Å². The minimum absolute atomic E-state index is 0.776. The fourth-order valence-electron chi connectivity index (χ4n) is 2.01. The Bertz CT molecular complexity index is 227. The van der Waals surface area contributed by atoms with Crippen LogP contribution in [0.25, 0.3) is 9.69 Å². The molecule has 0 aromatic carbocycles. The van der Waals surface area contributed by atoms with Gasteiger partial charge in [0.05, 0.1) is 0 Å². The number of hydrogen-bond acceptors (Lipinski definition) is 2. The van der Waals surface area contributed by atoms with Gasteiger partial charge in [-0.15, -0.1) is 0 Å². The molecule has 4 nitrogen and oxygen atoms in total. The van der Waals surface area contributed by atoms with Crippen molar-refractivity contribution in [1.29, 1.82) is 0 Å². The van der Waals surface area contributed by atoms with Gasteiger partial charge in [0.2, 0.25) is 0 Å². The van der Waals surface area contributed by atoms with Crippen LogP contribution in [0.15, 0.2) is 0 Å². The van der Waals surface area contributed by atoms with Crippen LogP contribution in [0, 0.1) is 13.1 Å². The first-order valence-corrected chi connectivity index (χ1v) is 6.05. The molecule has 0 aromatic heterocycles. The average Bonchev–Trinajstić information content (AvgIpc) is 2.32. The lowest BCUT2D eigenvalue weighted by atomic mass is 10.2. The maximum atomic E-state index is 5.11. The lowest BCUT2D eigenvalue weighted by Crippen LogP contribution is -2.46. The van der Waals surface area contributed by atoms with Crippen molar-refractivity contribution < 1.29 is 0 Å². The summed E-state index contributed by atoms with van der Waals surface area (Å²) in [5.74, 6) is 0. The van der Waals surface area contributed by atoms with Crippen molar-refractivity contribution in [2.24, 2.45) is 0 Å². The molecule has 1 rings (SSSR count). The monoisotopic (exact) mass is 222 g/mol. The molecule has 1 saturated heterocycles. The molecule has 16 heavy (non-hydrogen) atoms. The standard InChI is InChI=1S/C12H22N4/c1-13-5-3-7-15-9-11-16(12-10-15)8-4-6-14-2/h1-2H,3-12H2/q+2. The Morgan fingerprint density at radius 2 is 1.12 bits per heavy atom. The second-order valence-electron chi connectivity index (χ2n) is 4.20. The van der Waals surface area contributed by atoms with Crippen LogP contribution in [0.1, 0.15) is 12.8 Å². The minimum atomic E-state index is 0.776. The van der Waals surface area contributed by atoms with Gasteiger partial charge in [-0.2, -0.15) is 0 Å². The topological polar surface area (TPSA) is 15.2 Å². The second-order valence-corrected chi connectivity index (χ2v) is 4.20. The zero-order valence-corrected chi connectivity index (χ0v) is 10.0. The van der Waals surface area contributed by atoms with Gasteiger partial charge in [0.25, 0.3) is 26.2 Å². The van der Waals surface area contributed by atoms with Gasteiger partial charge in [-0.3, -0.25) is 0 Å². The lowest BCUT2D eigenvalue weighted by molar-refractivity contribution is 0.132. The van der Waals surface area contributed by atoms with Gasteiger partial charge in [-0.25, -0.2) is 0 Å². The summed E-state index contributed by atoms with van der Waals surface area (Å²) < 4.78 is 0. The third kappa shape index (κ3) is 5.11. The van der Waals surface area contributed by atoms with E-state index in [9.17, 15) is 0 Å². The predicted octanol–water partition coefficient (Wildman–Crippen LogP) is 1.31. The van der Waals surface area contributed by atoms with Crippen LogP contribution in [0.4, 0.5) is 0 Å². The molecule has 0 bridgehead atoms. The summed E-state index contributed by atoms with van der Waals surface area (Å²) in [7, 11) is 0. The largest absolute Gasteiger partial charge is 0.301 e. The maximum absolute atomic E-state index is 5.11. The summed E-state index contributed by atoms with van der Waals surface area (Å²) in [4.78, 5) is 12.2. The van der Waals surface area contributed by atoms with E-state index in [-0.39, 0.29) is 0 Å². The molecular formula is C12H22N4+2. The lowest BCUT2D eigenvalue weighted by Gasteiger charge is -2.33. The van der Waals surface area contributed by atoms with Crippen molar-refractivity contribution in [1.82, 2.24) is 9.80 Å². The summed E-state index contributed by atoms with van der Waals surface area (Å²) in [5, 5.41) is 0. The Labute approximate surface area is 98.5 Å². The van der Waals surface area contributed by atoms with E-state index >= 15 is 0 Å². The number of piperazine rings is 1. The molecule has 0 aromatic rings. The van der Waals surface area contributed by atoms with Crippen molar-refractivity contribution in [3.05, 3.63) is 9.69 Å². The van der Waals surface area contributed by atoms with E-state index < -0.39 is 0 Å². The Morgan fingerprint density at radius 3 is 1.44 bits per heavy atom. The molecule has 0 amide bonds. The summed E-state index contributed by atoms with van der Waals surface area (Å²) in [6.07, 6.45) is 2.14. The minimum Gasteiger partial charge on any atom is -0.301 e. The van der Waals surface area contributed by atoms with Crippen LogP contribution in [0.3, 0.4) is 0 Å². The second kappa shape index (κ2) is 8.10. The average molecular weight is 222 g/mol. The van der Waals surface area contributed by atoms with Gasteiger partial charge < -0.3 is 9.80 Å². The third-order valence-electron chi connectivity index (χ3n) is 2.99. The summed E-state index contributed by atoms with van der Waals surface area (Å²) in [5.41, 5.74) is 0. The number of hydrogen-bond donors (Lipinski definition) is 0. The third-order valence-corrected chi connectivity index (χ3v) is 2.99. The van der Waals surface area contributed by atoms with Gasteiger partial charge in [0.15, 0.2) is 0 Å². The molecule has 1 aliphatic rings. The van der Waals surface area contributed by atoms with E-state index in [0.29, 0.717) is 0 Å². The fraction of sp³-hybridized carbons (Fsp3) is 0.833. The summed E-state index contributed by atoms with van der Waals surface area (Å²) in [6.45, 7) is 18.6. The molecule has 0 saturated carbocycles. The highest BCUT2D eigenvalue weighted by Crippen LogP contribution is 2.03. The molecule has 88 valence electrons. The number of nitrogens with zero attached hydrogens (tertiary/aromatic N) is 4. The molecule has 1 fully saturated rings. The molecule has 0 atom stereocenters. The Balaban J connectivity index is 2.05. The quantitative estimate of drug-likeness (QED) is 0.630. The van der Waals surface area contributed by atoms with Crippen molar-refractivity contribution in [3.63, 3.8) is 0 Å². The fourth-order valence-corrected chi connectivity index (χ4v) is 2.01. The van der Waals surface area contributed by atoms with Gasteiger partial charge in [0, 0.05) is 52.1 Å². The van der Waals surface area contributed by atoms with E-state index in [1.165, 1.54) is 0 Å². The molecule has 0 aliphatic carbocycles. The molecule has 1 aliphatic heterocycles. The van der Waals surface area contributed by atoms with E-state index in [1.54, 1.807) is 0 Å². The van der Waals surface area contributed by atoms with Crippen LogP contribution in [0.5, 0.6) is 0 Å². The first-order chi connectivity index (χ1) is 7.86. The molecule has 0 N–H and O–H groups in total. The van der Waals surface area contributed by atoms with Crippen LogP contribution < -0.4 is 0 Å². The first kappa shape index (κ1) is 13.0. The van der Waals surface area contributed by atoms with Crippen LogP contribution >= 0.6 is 0 Å². The zero-order chi connectivity index (χ0) is 11.6. The normalized spacial score (nSPS) is 17.9. The highest BCUT2D eigenvalue weighted by atomic mass is 15.3. The molecule has 0 spiro atoms. The summed E-state index contributed by atoms with van der Waals surface area (Å²) in [6, 6.07) is 0.